The van der Waals surface area contributed by atoms with E-state index in [-0.39, 0.29) is 0 Å². The second kappa shape index (κ2) is 3.50. The number of rotatable bonds is 0. The predicted octanol–water partition coefficient (Wildman–Crippen LogP) is 2.25. The minimum Gasteiger partial charge on any atom is -0.337 e. The minimum absolute atomic E-state index is 0.693. The van der Waals surface area contributed by atoms with Crippen molar-refractivity contribution >= 4 is 22.5 Å². The van der Waals surface area contributed by atoms with Crippen LogP contribution in [0.5, 0.6) is 0 Å². The lowest BCUT2D eigenvalue weighted by Gasteiger charge is -2.27. The standard InChI is InChI=1S/C14H15ClN2/c15-9-4-5-13-11(8-9)10-2-1-3-12-14(10)17(13)7-6-16-12/h4-5,8,12,16H,1-3,6-7H2/p+1/t12-/m1/s1. The number of fused-ring (bicyclic) bond motifs is 3. The summed E-state index contributed by atoms with van der Waals surface area (Å²) >= 11 is 6.15. The number of nitrogens with zero attached hydrogens (tertiary/aromatic N) is 1. The Kier molecular flexibility index (Phi) is 2.06. The van der Waals surface area contributed by atoms with E-state index in [0.29, 0.717) is 6.04 Å². The van der Waals surface area contributed by atoms with Gasteiger partial charge in [0.05, 0.1) is 18.8 Å². The summed E-state index contributed by atoms with van der Waals surface area (Å²) in [5.41, 5.74) is 4.54. The molecule has 2 aliphatic rings. The SMILES string of the molecule is Clc1ccc2c(c1)c1c3n2CC[NH2+][C@@H]3CCC1. The molecule has 17 heavy (non-hydrogen) atoms. The average Bonchev–Trinajstić information content (AvgIpc) is 2.67. The van der Waals surface area contributed by atoms with E-state index in [1.807, 2.05) is 6.07 Å². The van der Waals surface area contributed by atoms with Crippen molar-refractivity contribution < 1.29 is 5.32 Å². The van der Waals surface area contributed by atoms with Crippen LogP contribution in [0.25, 0.3) is 10.9 Å². The zero-order valence-corrected chi connectivity index (χ0v) is 10.5. The van der Waals surface area contributed by atoms with Gasteiger partial charge in [-0.15, -0.1) is 0 Å². The van der Waals surface area contributed by atoms with Crippen LogP contribution in [-0.4, -0.2) is 11.1 Å². The summed E-state index contributed by atoms with van der Waals surface area (Å²) in [5.74, 6) is 0. The Labute approximate surface area is 106 Å². The Morgan fingerprint density at radius 3 is 3.24 bits per heavy atom. The Balaban J connectivity index is 2.11. The molecule has 0 fully saturated rings. The molecule has 88 valence electrons. The van der Waals surface area contributed by atoms with Crippen LogP contribution in [0.4, 0.5) is 0 Å². The monoisotopic (exact) mass is 247 g/mol. The van der Waals surface area contributed by atoms with Gasteiger partial charge in [-0.2, -0.15) is 0 Å². The van der Waals surface area contributed by atoms with Crippen LogP contribution in [-0.2, 0) is 13.0 Å². The summed E-state index contributed by atoms with van der Waals surface area (Å²) < 4.78 is 2.53. The highest BCUT2D eigenvalue weighted by atomic mass is 35.5. The van der Waals surface area contributed by atoms with E-state index in [1.165, 1.54) is 36.7 Å². The predicted molar refractivity (Wildman–Crippen MR) is 69.4 cm³/mol. The maximum atomic E-state index is 6.15. The van der Waals surface area contributed by atoms with E-state index in [9.17, 15) is 0 Å². The fraction of sp³-hybridized carbons (Fsp3) is 0.429. The van der Waals surface area contributed by atoms with Crippen molar-refractivity contribution in [3.8, 4) is 0 Å². The van der Waals surface area contributed by atoms with Gasteiger partial charge in [0.15, 0.2) is 0 Å². The molecule has 0 amide bonds. The Hall–Kier alpha value is -0.990. The van der Waals surface area contributed by atoms with Gasteiger partial charge in [-0.25, -0.2) is 0 Å². The largest absolute Gasteiger partial charge is 0.337 e. The molecular formula is C14H16ClN2+. The molecule has 1 aromatic carbocycles. The topological polar surface area (TPSA) is 21.5 Å². The second-order valence-electron chi connectivity index (χ2n) is 5.20. The normalized spacial score (nSPS) is 22.8. The van der Waals surface area contributed by atoms with Gasteiger partial charge in [0.1, 0.15) is 6.04 Å². The van der Waals surface area contributed by atoms with E-state index in [1.54, 1.807) is 11.3 Å². The zero-order chi connectivity index (χ0) is 11.4. The highest BCUT2D eigenvalue weighted by Gasteiger charge is 2.32. The van der Waals surface area contributed by atoms with E-state index < -0.39 is 0 Å². The summed E-state index contributed by atoms with van der Waals surface area (Å²) in [6, 6.07) is 7.06. The van der Waals surface area contributed by atoms with Crippen molar-refractivity contribution in [1.82, 2.24) is 4.57 Å². The number of nitrogens with two attached hydrogens (primary N) is 1. The molecule has 0 unspecified atom stereocenters. The molecule has 2 N–H and O–H groups in total. The van der Waals surface area contributed by atoms with Crippen LogP contribution in [0.15, 0.2) is 18.2 Å². The lowest BCUT2D eigenvalue weighted by Crippen LogP contribution is -2.88. The molecule has 1 aliphatic carbocycles. The Morgan fingerprint density at radius 1 is 1.35 bits per heavy atom. The first-order valence-corrected chi connectivity index (χ1v) is 6.86. The van der Waals surface area contributed by atoms with Crippen molar-refractivity contribution in [3.05, 3.63) is 34.5 Å². The first-order chi connectivity index (χ1) is 8.34. The van der Waals surface area contributed by atoms with Crippen molar-refractivity contribution in [1.29, 1.82) is 0 Å². The van der Waals surface area contributed by atoms with Crippen LogP contribution < -0.4 is 5.32 Å². The van der Waals surface area contributed by atoms with Crippen LogP contribution >= 0.6 is 11.6 Å². The Morgan fingerprint density at radius 2 is 2.29 bits per heavy atom. The smallest absolute Gasteiger partial charge is 0.127 e. The molecule has 1 atom stereocenters. The van der Waals surface area contributed by atoms with Gasteiger partial charge in [0.25, 0.3) is 0 Å². The molecule has 4 rings (SSSR count). The van der Waals surface area contributed by atoms with Gasteiger partial charge in [-0.05, 0) is 36.6 Å². The molecule has 0 bridgehead atoms. The van der Waals surface area contributed by atoms with E-state index >= 15 is 0 Å². The molecule has 2 nitrogen and oxygen atoms in total. The van der Waals surface area contributed by atoms with Gasteiger partial charge >= 0.3 is 0 Å². The summed E-state index contributed by atoms with van der Waals surface area (Å²) in [6.07, 6.45) is 3.88. The average molecular weight is 248 g/mol. The first-order valence-electron chi connectivity index (χ1n) is 6.48. The molecule has 0 saturated heterocycles. The molecule has 3 heteroatoms. The fourth-order valence-corrected chi connectivity index (χ4v) is 3.79. The molecule has 2 aromatic rings. The Bertz CT molecular complexity index is 598. The van der Waals surface area contributed by atoms with Gasteiger partial charge in [0.2, 0.25) is 0 Å². The zero-order valence-electron chi connectivity index (χ0n) is 9.75. The lowest BCUT2D eigenvalue weighted by atomic mass is 9.91. The molecule has 0 spiro atoms. The van der Waals surface area contributed by atoms with Crippen LogP contribution in [0.3, 0.4) is 0 Å². The van der Waals surface area contributed by atoms with E-state index in [4.69, 9.17) is 11.6 Å². The van der Waals surface area contributed by atoms with Gasteiger partial charge < -0.3 is 9.88 Å². The number of aromatic nitrogens is 1. The number of halogens is 1. The summed E-state index contributed by atoms with van der Waals surface area (Å²) in [5, 5.41) is 4.77. The van der Waals surface area contributed by atoms with Crippen LogP contribution in [0.1, 0.15) is 30.1 Å². The molecular weight excluding hydrogens is 232 g/mol. The summed E-state index contributed by atoms with van der Waals surface area (Å²) in [4.78, 5) is 0. The van der Waals surface area contributed by atoms with Gasteiger partial charge in [-0.1, -0.05) is 11.6 Å². The third-order valence-corrected chi connectivity index (χ3v) is 4.51. The number of benzene rings is 1. The molecule has 0 radical (unpaired) electrons. The quantitative estimate of drug-likeness (QED) is 0.738. The highest BCUT2D eigenvalue weighted by molar-refractivity contribution is 6.31. The van der Waals surface area contributed by atoms with Crippen molar-refractivity contribution in [2.24, 2.45) is 0 Å². The van der Waals surface area contributed by atoms with Crippen molar-refractivity contribution in [3.63, 3.8) is 0 Å². The fourth-order valence-electron chi connectivity index (χ4n) is 3.61. The third kappa shape index (κ3) is 1.31. The van der Waals surface area contributed by atoms with Crippen molar-refractivity contribution in [2.75, 3.05) is 6.54 Å². The third-order valence-electron chi connectivity index (χ3n) is 4.27. The van der Waals surface area contributed by atoms with E-state index in [0.717, 1.165) is 11.6 Å². The van der Waals surface area contributed by atoms with Crippen LogP contribution in [0.2, 0.25) is 5.02 Å². The number of quaternary nitrogens is 1. The number of hydrogen-bond acceptors (Lipinski definition) is 0. The molecule has 0 saturated carbocycles. The summed E-state index contributed by atoms with van der Waals surface area (Å²) in [7, 11) is 0. The maximum Gasteiger partial charge on any atom is 0.127 e. The first kappa shape index (κ1) is 9.98. The maximum absolute atomic E-state index is 6.15. The lowest BCUT2D eigenvalue weighted by molar-refractivity contribution is -0.704. The highest BCUT2D eigenvalue weighted by Crippen LogP contribution is 2.37. The van der Waals surface area contributed by atoms with Crippen LogP contribution in [0, 0.1) is 0 Å². The number of aryl methyl sites for hydroxylation is 1. The summed E-state index contributed by atoms with van der Waals surface area (Å²) in [6.45, 7) is 2.35. The van der Waals surface area contributed by atoms with Gasteiger partial charge in [-0.3, -0.25) is 0 Å². The molecule has 1 aromatic heterocycles. The second-order valence-corrected chi connectivity index (χ2v) is 5.64. The minimum atomic E-state index is 0.693. The molecule has 1 aliphatic heterocycles. The van der Waals surface area contributed by atoms with E-state index in [2.05, 4.69) is 22.0 Å². The number of hydrogen-bond donors (Lipinski definition) is 1. The molecule has 2 heterocycles. The van der Waals surface area contributed by atoms with Crippen molar-refractivity contribution in [2.45, 2.75) is 31.8 Å². The van der Waals surface area contributed by atoms with Gasteiger partial charge in [0, 0.05) is 22.3 Å².